The van der Waals surface area contributed by atoms with Crippen LogP contribution < -0.4 is 0 Å². The smallest absolute Gasteiger partial charge is 0.305 e. The third-order valence-electron chi connectivity index (χ3n) is 1.97. The van der Waals surface area contributed by atoms with Gasteiger partial charge in [-0.25, -0.2) is 0 Å². The molecule has 0 aromatic rings. The zero-order chi connectivity index (χ0) is 10.3. The lowest BCUT2D eigenvalue weighted by atomic mass is 10.1. The maximum Gasteiger partial charge on any atom is 0.305 e. The zero-order valence-electron chi connectivity index (χ0n) is 9.05. The maximum absolute atomic E-state index is 11.0. The molecular formula is C10H20O3. The summed E-state index contributed by atoms with van der Waals surface area (Å²) in [6.45, 7) is 6.35. The van der Waals surface area contributed by atoms with E-state index in [1.165, 1.54) is 0 Å². The molecule has 0 unspecified atom stereocenters. The highest BCUT2D eigenvalue weighted by Gasteiger charge is 2.16. The molecule has 0 amide bonds. The summed E-state index contributed by atoms with van der Waals surface area (Å²) in [5, 5.41) is 0. The number of hydrogen-bond donors (Lipinski definition) is 0. The van der Waals surface area contributed by atoms with Gasteiger partial charge in [0.1, 0.15) is 0 Å². The summed E-state index contributed by atoms with van der Waals surface area (Å²) in [6, 6.07) is 0. The molecule has 78 valence electrons. The Labute approximate surface area is 80.4 Å². The summed E-state index contributed by atoms with van der Waals surface area (Å²) in [5.41, 5.74) is -0.202. The SMILES string of the molecule is CCCC(=O)OCCC(C)(C)OC. The first-order chi connectivity index (χ1) is 6.02. The van der Waals surface area contributed by atoms with Gasteiger partial charge in [0.05, 0.1) is 12.2 Å². The molecule has 0 aromatic heterocycles. The van der Waals surface area contributed by atoms with Gasteiger partial charge in [-0.15, -0.1) is 0 Å². The van der Waals surface area contributed by atoms with Crippen LogP contribution >= 0.6 is 0 Å². The molecule has 0 heterocycles. The van der Waals surface area contributed by atoms with Gasteiger partial charge in [-0.1, -0.05) is 6.92 Å². The molecule has 0 saturated heterocycles. The molecule has 0 N–H and O–H groups in total. The highest BCUT2D eigenvalue weighted by atomic mass is 16.5. The monoisotopic (exact) mass is 188 g/mol. The average molecular weight is 188 g/mol. The van der Waals surface area contributed by atoms with Crippen LogP contribution in [0.1, 0.15) is 40.0 Å². The number of hydrogen-bond acceptors (Lipinski definition) is 3. The first-order valence-electron chi connectivity index (χ1n) is 4.72. The molecule has 0 radical (unpaired) electrons. The number of esters is 1. The van der Waals surface area contributed by atoms with Crippen molar-refractivity contribution in [2.45, 2.75) is 45.6 Å². The van der Waals surface area contributed by atoms with Gasteiger partial charge in [-0.05, 0) is 20.3 Å². The summed E-state index contributed by atoms with van der Waals surface area (Å²) in [4.78, 5) is 11.0. The fraction of sp³-hybridized carbons (Fsp3) is 0.900. The Hall–Kier alpha value is -0.570. The van der Waals surface area contributed by atoms with Crippen molar-refractivity contribution in [1.82, 2.24) is 0 Å². The molecular weight excluding hydrogens is 168 g/mol. The van der Waals surface area contributed by atoms with Crippen molar-refractivity contribution in [3.63, 3.8) is 0 Å². The summed E-state index contributed by atoms with van der Waals surface area (Å²) in [5.74, 6) is -0.116. The standard InChI is InChI=1S/C10H20O3/c1-5-6-9(11)13-8-7-10(2,3)12-4/h5-8H2,1-4H3. The van der Waals surface area contributed by atoms with Gasteiger partial charge in [0, 0.05) is 20.0 Å². The molecule has 0 rings (SSSR count). The van der Waals surface area contributed by atoms with E-state index < -0.39 is 0 Å². The van der Waals surface area contributed by atoms with Crippen molar-refractivity contribution < 1.29 is 14.3 Å². The molecule has 0 aliphatic rings. The van der Waals surface area contributed by atoms with Gasteiger partial charge in [-0.3, -0.25) is 4.79 Å². The quantitative estimate of drug-likeness (QED) is 0.599. The van der Waals surface area contributed by atoms with E-state index >= 15 is 0 Å². The Morgan fingerprint density at radius 1 is 1.38 bits per heavy atom. The van der Waals surface area contributed by atoms with Crippen LogP contribution in [0.15, 0.2) is 0 Å². The molecule has 0 aliphatic carbocycles. The van der Waals surface area contributed by atoms with E-state index in [-0.39, 0.29) is 11.6 Å². The second-order valence-electron chi connectivity index (χ2n) is 3.68. The highest BCUT2D eigenvalue weighted by Crippen LogP contribution is 2.12. The van der Waals surface area contributed by atoms with Crippen LogP contribution in [0.4, 0.5) is 0 Å². The van der Waals surface area contributed by atoms with E-state index in [1.807, 2.05) is 20.8 Å². The Morgan fingerprint density at radius 3 is 2.46 bits per heavy atom. The molecule has 0 atom stereocenters. The first-order valence-corrected chi connectivity index (χ1v) is 4.72. The van der Waals surface area contributed by atoms with E-state index in [0.29, 0.717) is 13.0 Å². The molecule has 0 saturated carbocycles. The van der Waals surface area contributed by atoms with Crippen LogP contribution in [-0.2, 0) is 14.3 Å². The lowest BCUT2D eigenvalue weighted by molar-refractivity contribution is -0.145. The van der Waals surface area contributed by atoms with Gasteiger partial charge >= 0.3 is 5.97 Å². The van der Waals surface area contributed by atoms with Crippen molar-refractivity contribution in [2.75, 3.05) is 13.7 Å². The molecule has 0 fully saturated rings. The summed E-state index contributed by atoms with van der Waals surface area (Å²) >= 11 is 0. The lowest BCUT2D eigenvalue weighted by Crippen LogP contribution is -2.25. The fourth-order valence-corrected chi connectivity index (χ4v) is 0.789. The maximum atomic E-state index is 11.0. The van der Waals surface area contributed by atoms with Crippen LogP contribution in [0.2, 0.25) is 0 Å². The van der Waals surface area contributed by atoms with Gasteiger partial charge in [-0.2, -0.15) is 0 Å². The topological polar surface area (TPSA) is 35.5 Å². The predicted octanol–water partition coefficient (Wildman–Crippen LogP) is 2.14. The molecule has 0 bridgehead atoms. The Morgan fingerprint density at radius 2 is 2.00 bits per heavy atom. The first kappa shape index (κ1) is 12.4. The minimum Gasteiger partial charge on any atom is -0.466 e. The van der Waals surface area contributed by atoms with Gasteiger partial charge in [0.15, 0.2) is 0 Å². The second kappa shape index (κ2) is 5.97. The summed E-state index contributed by atoms with van der Waals surface area (Å²) in [6.07, 6.45) is 2.08. The summed E-state index contributed by atoms with van der Waals surface area (Å²) < 4.78 is 10.2. The van der Waals surface area contributed by atoms with Crippen LogP contribution in [0.5, 0.6) is 0 Å². The molecule has 0 aromatic carbocycles. The minimum atomic E-state index is -0.202. The second-order valence-corrected chi connectivity index (χ2v) is 3.68. The van der Waals surface area contributed by atoms with E-state index in [2.05, 4.69) is 0 Å². The number of carbonyl (C=O) groups is 1. The van der Waals surface area contributed by atoms with Crippen molar-refractivity contribution in [3.8, 4) is 0 Å². The van der Waals surface area contributed by atoms with Crippen LogP contribution in [0, 0.1) is 0 Å². The Bertz CT molecular complexity index is 152. The van der Waals surface area contributed by atoms with Crippen molar-refractivity contribution in [2.24, 2.45) is 0 Å². The fourth-order valence-electron chi connectivity index (χ4n) is 0.789. The van der Waals surface area contributed by atoms with E-state index in [0.717, 1.165) is 12.8 Å². The van der Waals surface area contributed by atoms with Crippen molar-refractivity contribution >= 4 is 5.97 Å². The third-order valence-corrected chi connectivity index (χ3v) is 1.97. The van der Waals surface area contributed by atoms with Gasteiger partial charge in [0.25, 0.3) is 0 Å². The number of carbonyl (C=O) groups excluding carboxylic acids is 1. The van der Waals surface area contributed by atoms with E-state index in [1.54, 1.807) is 7.11 Å². The minimum absolute atomic E-state index is 0.116. The number of methoxy groups -OCH3 is 1. The van der Waals surface area contributed by atoms with Crippen LogP contribution in [0.3, 0.4) is 0 Å². The average Bonchev–Trinajstić information content (AvgIpc) is 2.05. The van der Waals surface area contributed by atoms with Gasteiger partial charge in [0.2, 0.25) is 0 Å². The predicted molar refractivity (Wildman–Crippen MR) is 51.6 cm³/mol. The largest absolute Gasteiger partial charge is 0.466 e. The zero-order valence-corrected chi connectivity index (χ0v) is 9.05. The lowest BCUT2D eigenvalue weighted by Gasteiger charge is -2.22. The van der Waals surface area contributed by atoms with Crippen molar-refractivity contribution in [1.29, 1.82) is 0 Å². The normalized spacial score (nSPS) is 11.4. The third kappa shape index (κ3) is 6.58. The van der Waals surface area contributed by atoms with Gasteiger partial charge < -0.3 is 9.47 Å². The Balaban J connectivity index is 3.50. The number of ether oxygens (including phenoxy) is 2. The molecule has 0 aliphatic heterocycles. The van der Waals surface area contributed by atoms with Crippen LogP contribution in [0.25, 0.3) is 0 Å². The molecule has 3 nitrogen and oxygen atoms in total. The van der Waals surface area contributed by atoms with Crippen molar-refractivity contribution in [3.05, 3.63) is 0 Å². The highest BCUT2D eigenvalue weighted by molar-refractivity contribution is 5.69. The molecule has 0 spiro atoms. The van der Waals surface area contributed by atoms with E-state index in [9.17, 15) is 4.79 Å². The van der Waals surface area contributed by atoms with E-state index in [4.69, 9.17) is 9.47 Å². The molecule has 3 heteroatoms. The van der Waals surface area contributed by atoms with Crippen LogP contribution in [-0.4, -0.2) is 25.3 Å². The Kier molecular flexibility index (Phi) is 5.71. The molecule has 13 heavy (non-hydrogen) atoms. The summed E-state index contributed by atoms with van der Waals surface area (Å²) in [7, 11) is 1.66. The number of rotatable bonds is 6.